The van der Waals surface area contributed by atoms with E-state index in [1.54, 1.807) is 7.11 Å². The van der Waals surface area contributed by atoms with Crippen molar-refractivity contribution in [1.82, 2.24) is 0 Å². The number of rotatable bonds is 1. The molecule has 0 fully saturated rings. The summed E-state index contributed by atoms with van der Waals surface area (Å²) < 4.78 is 16.4. The van der Waals surface area contributed by atoms with Crippen LogP contribution in [-0.4, -0.2) is 13.9 Å². The molecule has 90 valence electrons. The van der Waals surface area contributed by atoms with Gasteiger partial charge in [0, 0.05) is 10.9 Å². The summed E-state index contributed by atoms with van der Waals surface area (Å²) in [5.74, 6) is 2.56. The Morgan fingerprint density at radius 1 is 1.11 bits per heavy atom. The van der Waals surface area contributed by atoms with Gasteiger partial charge >= 0.3 is 0 Å². The highest BCUT2D eigenvalue weighted by Crippen LogP contribution is 2.43. The van der Waals surface area contributed by atoms with Crippen LogP contribution in [0.3, 0.4) is 0 Å². The maximum absolute atomic E-state index is 5.59. The number of fused-ring (bicyclic) bond motifs is 3. The van der Waals surface area contributed by atoms with Crippen LogP contribution in [0.2, 0.25) is 0 Å². The van der Waals surface area contributed by atoms with Gasteiger partial charge in [0.15, 0.2) is 11.5 Å². The van der Waals surface area contributed by atoms with E-state index in [2.05, 4.69) is 18.2 Å². The Hall–Kier alpha value is -2.16. The minimum atomic E-state index is 0.299. The number of allylic oxidation sites excluding steroid dienone is 1. The van der Waals surface area contributed by atoms with Crippen LogP contribution in [0.4, 0.5) is 0 Å². The van der Waals surface area contributed by atoms with Crippen molar-refractivity contribution in [2.45, 2.75) is 6.42 Å². The Morgan fingerprint density at radius 2 is 1.94 bits per heavy atom. The molecule has 1 heterocycles. The van der Waals surface area contributed by atoms with Crippen molar-refractivity contribution in [3.8, 4) is 17.2 Å². The molecule has 1 aliphatic carbocycles. The Balaban J connectivity index is 2.09. The molecule has 0 N–H and O–H groups in total. The Bertz CT molecular complexity index is 686. The zero-order chi connectivity index (χ0) is 12.1. The van der Waals surface area contributed by atoms with Gasteiger partial charge < -0.3 is 14.2 Å². The Kier molecular flexibility index (Phi) is 1.87. The largest absolute Gasteiger partial charge is 0.496 e. The molecule has 18 heavy (non-hydrogen) atoms. The molecule has 0 atom stereocenters. The highest BCUT2D eigenvalue weighted by atomic mass is 16.7. The third kappa shape index (κ3) is 1.19. The first kappa shape index (κ1) is 9.83. The van der Waals surface area contributed by atoms with Crippen LogP contribution in [0.1, 0.15) is 11.1 Å². The lowest BCUT2D eigenvalue weighted by Crippen LogP contribution is -1.93. The lowest BCUT2D eigenvalue weighted by molar-refractivity contribution is 0.174. The second-order valence-electron chi connectivity index (χ2n) is 4.51. The van der Waals surface area contributed by atoms with Gasteiger partial charge in [0.05, 0.1) is 7.11 Å². The van der Waals surface area contributed by atoms with Gasteiger partial charge in [-0.3, -0.25) is 0 Å². The molecule has 0 bridgehead atoms. The zero-order valence-electron chi connectivity index (χ0n) is 10.0. The van der Waals surface area contributed by atoms with E-state index in [0.29, 0.717) is 6.79 Å². The van der Waals surface area contributed by atoms with Crippen molar-refractivity contribution in [1.29, 1.82) is 0 Å². The molecule has 0 unspecified atom stereocenters. The highest BCUT2D eigenvalue weighted by molar-refractivity contribution is 5.95. The fourth-order valence-electron chi connectivity index (χ4n) is 2.72. The average molecular weight is 240 g/mol. The number of benzene rings is 2. The molecule has 2 aromatic rings. The first-order chi connectivity index (χ1) is 8.86. The van der Waals surface area contributed by atoms with Crippen molar-refractivity contribution in [3.05, 3.63) is 35.4 Å². The minimum absolute atomic E-state index is 0.299. The standard InChI is InChI=1S/C15H12O3/c1-16-15-11-4-2-3-9(11)5-10-6-13-14(7-12(10)15)18-8-17-13/h2-3,5-7H,4,8H2,1H3. The number of hydrogen-bond acceptors (Lipinski definition) is 3. The maximum Gasteiger partial charge on any atom is 0.231 e. The fraction of sp³-hybridized carbons (Fsp3) is 0.200. The summed E-state index contributed by atoms with van der Waals surface area (Å²) in [6, 6.07) is 6.21. The highest BCUT2D eigenvalue weighted by Gasteiger charge is 2.20. The SMILES string of the molecule is COc1c2c(cc3cc4c(cc13)OCO4)C=CC2. The van der Waals surface area contributed by atoms with Crippen LogP contribution >= 0.6 is 0 Å². The molecule has 0 saturated heterocycles. The van der Waals surface area contributed by atoms with Crippen molar-refractivity contribution in [2.75, 3.05) is 13.9 Å². The smallest absolute Gasteiger partial charge is 0.231 e. The van der Waals surface area contributed by atoms with E-state index < -0.39 is 0 Å². The summed E-state index contributed by atoms with van der Waals surface area (Å²) >= 11 is 0. The summed E-state index contributed by atoms with van der Waals surface area (Å²) in [4.78, 5) is 0. The number of methoxy groups -OCH3 is 1. The molecule has 2 aliphatic rings. The molecular weight excluding hydrogens is 228 g/mol. The molecule has 0 spiro atoms. The monoisotopic (exact) mass is 240 g/mol. The molecule has 2 aromatic carbocycles. The summed E-state index contributed by atoms with van der Waals surface area (Å²) in [5, 5.41) is 2.21. The zero-order valence-corrected chi connectivity index (χ0v) is 10.0. The van der Waals surface area contributed by atoms with E-state index in [4.69, 9.17) is 14.2 Å². The maximum atomic E-state index is 5.59. The summed E-state index contributed by atoms with van der Waals surface area (Å²) in [6.07, 6.45) is 5.23. The lowest BCUT2D eigenvalue weighted by atomic mass is 10.0. The molecule has 1 aliphatic heterocycles. The van der Waals surface area contributed by atoms with Gasteiger partial charge in [-0.05, 0) is 35.6 Å². The molecular formula is C15H12O3. The van der Waals surface area contributed by atoms with Crippen LogP contribution in [0.15, 0.2) is 24.3 Å². The van der Waals surface area contributed by atoms with Crippen molar-refractivity contribution < 1.29 is 14.2 Å². The van der Waals surface area contributed by atoms with Crippen LogP contribution in [0.25, 0.3) is 16.8 Å². The first-order valence-electron chi connectivity index (χ1n) is 5.96. The van der Waals surface area contributed by atoms with Gasteiger partial charge in [0.1, 0.15) is 5.75 Å². The third-order valence-electron chi connectivity index (χ3n) is 3.55. The minimum Gasteiger partial charge on any atom is -0.496 e. The molecule has 0 saturated carbocycles. The van der Waals surface area contributed by atoms with Crippen LogP contribution in [0.5, 0.6) is 17.2 Å². The Labute approximate surface area is 105 Å². The summed E-state index contributed by atoms with van der Waals surface area (Å²) in [6.45, 7) is 0.299. The second-order valence-corrected chi connectivity index (χ2v) is 4.51. The van der Waals surface area contributed by atoms with Crippen molar-refractivity contribution >= 4 is 16.8 Å². The first-order valence-corrected chi connectivity index (χ1v) is 5.96. The van der Waals surface area contributed by atoms with E-state index in [1.807, 2.05) is 12.1 Å². The fourth-order valence-corrected chi connectivity index (χ4v) is 2.72. The normalized spacial score (nSPS) is 15.2. The van der Waals surface area contributed by atoms with Crippen LogP contribution in [-0.2, 0) is 6.42 Å². The van der Waals surface area contributed by atoms with E-state index in [9.17, 15) is 0 Å². The summed E-state index contributed by atoms with van der Waals surface area (Å²) in [5.41, 5.74) is 2.49. The second kappa shape index (κ2) is 3.42. The van der Waals surface area contributed by atoms with Crippen LogP contribution < -0.4 is 14.2 Å². The predicted octanol–water partition coefficient (Wildman–Crippen LogP) is 3.15. The van der Waals surface area contributed by atoms with Gasteiger partial charge in [-0.25, -0.2) is 0 Å². The van der Waals surface area contributed by atoms with Crippen LogP contribution in [0, 0.1) is 0 Å². The molecule has 4 rings (SSSR count). The average Bonchev–Trinajstić information content (AvgIpc) is 3.00. The number of ether oxygens (including phenoxy) is 3. The quantitative estimate of drug-likeness (QED) is 0.766. The third-order valence-corrected chi connectivity index (χ3v) is 3.55. The number of hydrogen-bond donors (Lipinski definition) is 0. The predicted molar refractivity (Wildman–Crippen MR) is 69.4 cm³/mol. The van der Waals surface area contributed by atoms with Gasteiger partial charge in [-0.2, -0.15) is 0 Å². The molecule has 0 aromatic heterocycles. The van der Waals surface area contributed by atoms with Gasteiger partial charge in [-0.1, -0.05) is 12.2 Å². The van der Waals surface area contributed by atoms with Crippen molar-refractivity contribution in [2.24, 2.45) is 0 Å². The molecule has 0 amide bonds. The van der Waals surface area contributed by atoms with Gasteiger partial charge in [0.25, 0.3) is 0 Å². The molecule has 0 radical (unpaired) electrons. The molecule has 3 heteroatoms. The van der Waals surface area contributed by atoms with E-state index >= 15 is 0 Å². The lowest BCUT2D eigenvalue weighted by Gasteiger charge is -2.12. The Morgan fingerprint density at radius 3 is 2.78 bits per heavy atom. The summed E-state index contributed by atoms with van der Waals surface area (Å²) in [7, 11) is 1.72. The molecule has 3 nitrogen and oxygen atoms in total. The topological polar surface area (TPSA) is 27.7 Å². The van der Waals surface area contributed by atoms with Crippen molar-refractivity contribution in [3.63, 3.8) is 0 Å². The van der Waals surface area contributed by atoms with E-state index in [-0.39, 0.29) is 0 Å². The van der Waals surface area contributed by atoms with E-state index in [0.717, 1.165) is 34.4 Å². The van der Waals surface area contributed by atoms with Gasteiger partial charge in [-0.15, -0.1) is 0 Å². The van der Waals surface area contributed by atoms with E-state index in [1.165, 1.54) is 11.1 Å². The van der Waals surface area contributed by atoms with Gasteiger partial charge in [0.2, 0.25) is 6.79 Å².